The molecule has 0 aromatic heterocycles. The predicted molar refractivity (Wildman–Crippen MR) is 143 cm³/mol. The second-order valence-corrected chi connectivity index (χ2v) is 10.3. The van der Waals surface area contributed by atoms with Crippen LogP contribution in [0.4, 0.5) is 0 Å². The summed E-state index contributed by atoms with van der Waals surface area (Å²) in [6.07, 6.45) is 1.79. The van der Waals surface area contributed by atoms with Crippen LogP contribution in [0.3, 0.4) is 0 Å². The van der Waals surface area contributed by atoms with Crippen LogP contribution in [0.2, 0.25) is 10.0 Å². The molecular weight excluding hydrogens is 585 g/mol. The number of carbonyl (C=O) groups excluding carboxylic acids is 2. The van der Waals surface area contributed by atoms with E-state index in [1.807, 2.05) is 0 Å². The maximum Gasteiger partial charge on any atom is 0.307 e. The standard InChI is InChI=1S/C23H20BrCl2NO5S2/c1-3-31-20(28)7-8-27-22(29)19(34-23(27)33)11-13-9-15(24)21(18(10-13)30-2)32-12-14-16(25)5-4-6-17(14)26/h4-6,9-11H,3,7-8,12H2,1-2H3/b19-11-. The topological polar surface area (TPSA) is 65.1 Å². The minimum Gasteiger partial charge on any atom is -0.493 e. The number of hydrogen-bond acceptors (Lipinski definition) is 7. The van der Waals surface area contributed by atoms with Gasteiger partial charge in [0.15, 0.2) is 11.5 Å². The largest absolute Gasteiger partial charge is 0.493 e. The van der Waals surface area contributed by atoms with Crippen molar-refractivity contribution in [1.29, 1.82) is 0 Å². The summed E-state index contributed by atoms with van der Waals surface area (Å²) in [5.41, 5.74) is 1.37. The quantitative estimate of drug-likeness (QED) is 0.184. The fourth-order valence-corrected chi connectivity index (χ4v) is 5.45. The number of thioether (sulfide) groups is 1. The van der Waals surface area contributed by atoms with E-state index in [0.717, 1.165) is 0 Å². The zero-order chi connectivity index (χ0) is 24.8. The van der Waals surface area contributed by atoms with Gasteiger partial charge in [-0.25, -0.2) is 0 Å². The van der Waals surface area contributed by atoms with Crippen LogP contribution < -0.4 is 9.47 Å². The fourth-order valence-electron chi connectivity index (χ4n) is 3.06. The lowest BCUT2D eigenvalue weighted by Crippen LogP contribution is -2.30. The number of carbonyl (C=O) groups is 2. The van der Waals surface area contributed by atoms with Gasteiger partial charge in [0.05, 0.1) is 29.5 Å². The third kappa shape index (κ3) is 6.46. The zero-order valence-corrected chi connectivity index (χ0v) is 23.0. The van der Waals surface area contributed by atoms with Crippen molar-refractivity contribution in [2.75, 3.05) is 20.3 Å². The predicted octanol–water partition coefficient (Wildman–Crippen LogP) is 6.50. The molecule has 1 aliphatic rings. The number of hydrogen-bond donors (Lipinski definition) is 0. The number of thiocarbonyl (C=S) groups is 1. The molecule has 0 N–H and O–H groups in total. The second kappa shape index (κ2) is 12.3. The molecule has 1 aliphatic heterocycles. The van der Waals surface area contributed by atoms with E-state index in [1.54, 1.807) is 43.3 Å². The van der Waals surface area contributed by atoms with Crippen LogP contribution in [-0.2, 0) is 20.9 Å². The number of ether oxygens (including phenoxy) is 3. The molecule has 0 radical (unpaired) electrons. The number of esters is 1. The highest BCUT2D eigenvalue weighted by atomic mass is 79.9. The summed E-state index contributed by atoms with van der Waals surface area (Å²) in [5, 5.41) is 1.01. The van der Waals surface area contributed by atoms with Crippen molar-refractivity contribution in [3.8, 4) is 11.5 Å². The number of amides is 1. The van der Waals surface area contributed by atoms with Gasteiger partial charge in [0.1, 0.15) is 10.9 Å². The second-order valence-electron chi connectivity index (χ2n) is 6.91. The van der Waals surface area contributed by atoms with Gasteiger partial charge in [-0.2, -0.15) is 0 Å². The number of nitrogens with zero attached hydrogens (tertiary/aromatic N) is 1. The molecule has 0 spiro atoms. The lowest BCUT2D eigenvalue weighted by molar-refractivity contribution is -0.143. The fraction of sp³-hybridized carbons (Fsp3) is 0.261. The van der Waals surface area contributed by atoms with Gasteiger partial charge in [-0.3, -0.25) is 14.5 Å². The molecule has 1 amide bonds. The van der Waals surface area contributed by atoms with E-state index < -0.39 is 0 Å². The summed E-state index contributed by atoms with van der Waals surface area (Å²) in [6.45, 7) is 2.34. The summed E-state index contributed by atoms with van der Waals surface area (Å²) < 4.78 is 17.4. The Kier molecular flexibility index (Phi) is 9.67. The molecule has 0 saturated carbocycles. The average molecular weight is 605 g/mol. The molecule has 0 atom stereocenters. The van der Waals surface area contributed by atoms with Crippen LogP contribution >= 0.6 is 63.1 Å². The minimum atomic E-state index is -0.372. The molecule has 34 heavy (non-hydrogen) atoms. The Morgan fingerprint density at radius 1 is 1.26 bits per heavy atom. The molecular formula is C23H20BrCl2NO5S2. The highest BCUT2D eigenvalue weighted by Gasteiger charge is 2.32. The summed E-state index contributed by atoms with van der Waals surface area (Å²) >= 11 is 22.5. The summed E-state index contributed by atoms with van der Waals surface area (Å²) in [5.74, 6) is 0.296. The average Bonchev–Trinajstić information content (AvgIpc) is 3.05. The molecule has 1 saturated heterocycles. The molecule has 6 nitrogen and oxygen atoms in total. The molecule has 0 aliphatic carbocycles. The van der Waals surface area contributed by atoms with E-state index in [2.05, 4.69) is 15.9 Å². The van der Waals surface area contributed by atoms with Gasteiger partial charge in [-0.1, -0.05) is 53.2 Å². The highest BCUT2D eigenvalue weighted by Crippen LogP contribution is 2.40. The normalized spacial score (nSPS) is 14.6. The van der Waals surface area contributed by atoms with Gasteiger partial charge in [-0.05, 0) is 58.8 Å². The highest BCUT2D eigenvalue weighted by molar-refractivity contribution is 9.10. The van der Waals surface area contributed by atoms with Crippen LogP contribution in [0.1, 0.15) is 24.5 Å². The van der Waals surface area contributed by atoms with E-state index in [1.165, 1.54) is 23.8 Å². The molecule has 2 aromatic rings. The molecule has 0 unspecified atom stereocenters. The summed E-state index contributed by atoms with van der Waals surface area (Å²) in [6, 6.07) is 8.80. The maximum absolute atomic E-state index is 12.8. The van der Waals surface area contributed by atoms with Crippen molar-refractivity contribution in [3.05, 3.63) is 60.9 Å². The summed E-state index contributed by atoms with van der Waals surface area (Å²) in [4.78, 5) is 26.3. The Morgan fingerprint density at radius 3 is 2.62 bits per heavy atom. The monoisotopic (exact) mass is 603 g/mol. The SMILES string of the molecule is CCOC(=O)CCN1C(=O)/C(=C/c2cc(Br)c(OCc3c(Cl)cccc3Cl)c(OC)c2)SC1=S. The van der Waals surface area contributed by atoms with Gasteiger partial charge < -0.3 is 14.2 Å². The van der Waals surface area contributed by atoms with E-state index in [-0.39, 0.29) is 31.4 Å². The van der Waals surface area contributed by atoms with Gasteiger partial charge in [0.2, 0.25) is 0 Å². The lowest BCUT2D eigenvalue weighted by atomic mass is 10.1. The van der Waals surface area contributed by atoms with Crippen molar-refractivity contribution in [2.45, 2.75) is 20.0 Å². The molecule has 2 aromatic carbocycles. The van der Waals surface area contributed by atoms with Crippen molar-refractivity contribution in [2.24, 2.45) is 0 Å². The molecule has 180 valence electrons. The van der Waals surface area contributed by atoms with Crippen LogP contribution in [0.15, 0.2) is 39.7 Å². The van der Waals surface area contributed by atoms with Gasteiger partial charge in [0, 0.05) is 22.2 Å². The third-order valence-electron chi connectivity index (χ3n) is 4.69. The first-order valence-electron chi connectivity index (χ1n) is 10.1. The Balaban J connectivity index is 1.78. The Hall–Kier alpha value is -1.78. The number of benzene rings is 2. The first-order valence-corrected chi connectivity index (χ1v) is 12.9. The molecule has 1 fully saturated rings. The first kappa shape index (κ1) is 26.8. The van der Waals surface area contributed by atoms with Crippen molar-refractivity contribution in [1.82, 2.24) is 4.90 Å². The van der Waals surface area contributed by atoms with Crippen LogP contribution in [0.25, 0.3) is 6.08 Å². The number of rotatable bonds is 9. The number of methoxy groups -OCH3 is 1. The van der Waals surface area contributed by atoms with E-state index in [0.29, 0.717) is 53.0 Å². The lowest BCUT2D eigenvalue weighted by Gasteiger charge is -2.15. The summed E-state index contributed by atoms with van der Waals surface area (Å²) in [7, 11) is 1.52. The smallest absolute Gasteiger partial charge is 0.307 e. The molecule has 3 rings (SSSR count). The Bertz CT molecular complexity index is 1140. The van der Waals surface area contributed by atoms with E-state index in [4.69, 9.17) is 49.6 Å². The zero-order valence-electron chi connectivity index (χ0n) is 18.2. The van der Waals surface area contributed by atoms with Crippen molar-refractivity contribution in [3.63, 3.8) is 0 Å². The van der Waals surface area contributed by atoms with E-state index >= 15 is 0 Å². The number of halogens is 3. The molecule has 1 heterocycles. The van der Waals surface area contributed by atoms with Crippen LogP contribution in [0, 0.1) is 0 Å². The third-order valence-corrected chi connectivity index (χ3v) is 7.37. The maximum atomic E-state index is 12.8. The Morgan fingerprint density at radius 2 is 1.97 bits per heavy atom. The van der Waals surface area contributed by atoms with E-state index in [9.17, 15) is 9.59 Å². The first-order chi connectivity index (χ1) is 16.2. The van der Waals surface area contributed by atoms with Crippen molar-refractivity contribution >= 4 is 85.4 Å². The molecule has 11 heteroatoms. The minimum absolute atomic E-state index is 0.0778. The van der Waals surface area contributed by atoms with Crippen LogP contribution in [0.5, 0.6) is 11.5 Å². The van der Waals surface area contributed by atoms with Crippen molar-refractivity contribution < 1.29 is 23.8 Å². The Labute approximate surface area is 225 Å². The van der Waals surface area contributed by atoms with Gasteiger partial charge in [-0.15, -0.1) is 0 Å². The van der Waals surface area contributed by atoms with Gasteiger partial charge >= 0.3 is 5.97 Å². The molecule has 0 bridgehead atoms. The van der Waals surface area contributed by atoms with Crippen LogP contribution in [-0.4, -0.2) is 41.4 Å². The van der Waals surface area contributed by atoms with Gasteiger partial charge in [0.25, 0.3) is 5.91 Å².